The second-order valence-corrected chi connectivity index (χ2v) is 17.1. The molecule has 290 valence electrons. The molecule has 2 atom stereocenters. The first-order valence-electron chi connectivity index (χ1n) is 21.8. The van der Waals surface area contributed by atoms with E-state index in [4.69, 9.17) is 0 Å². The molecule has 0 aromatic heterocycles. The summed E-state index contributed by atoms with van der Waals surface area (Å²) >= 11 is 0. The van der Waals surface area contributed by atoms with Crippen molar-refractivity contribution in [2.45, 2.75) is 11.3 Å². The van der Waals surface area contributed by atoms with Gasteiger partial charge in [-0.25, -0.2) is 0 Å². The van der Waals surface area contributed by atoms with E-state index in [0.717, 1.165) is 17.1 Å². The third-order valence-electron chi connectivity index (χ3n) is 14.1. The maximum Gasteiger partial charge on any atom is 0.0546 e. The van der Waals surface area contributed by atoms with E-state index >= 15 is 0 Å². The van der Waals surface area contributed by atoms with Crippen molar-refractivity contribution >= 4 is 49.4 Å². The smallest absolute Gasteiger partial charge is 0.0546 e. The van der Waals surface area contributed by atoms with Crippen LogP contribution in [-0.2, 0) is 5.41 Å². The zero-order valence-corrected chi connectivity index (χ0v) is 34.1. The molecule has 1 spiro atoms. The maximum absolute atomic E-state index is 2.50. The van der Waals surface area contributed by atoms with Gasteiger partial charge in [0.1, 0.15) is 0 Å². The van der Waals surface area contributed by atoms with E-state index in [1.165, 1.54) is 88.0 Å². The monoisotopic (exact) mass is 787 g/mol. The van der Waals surface area contributed by atoms with Gasteiger partial charge in [-0.05, 0) is 101 Å². The average Bonchev–Trinajstić information content (AvgIpc) is 3.81. The molecule has 2 unspecified atom stereocenters. The number of rotatable bonds is 5. The molecule has 0 aliphatic heterocycles. The third-order valence-corrected chi connectivity index (χ3v) is 14.1. The Morgan fingerprint density at radius 3 is 1.76 bits per heavy atom. The van der Waals surface area contributed by atoms with Crippen molar-refractivity contribution in [1.29, 1.82) is 0 Å². The summed E-state index contributed by atoms with van der Waals surface area (Å²) < 4.78 is 0. The minimum atomic E-state index is -0.226. The normalized spacial score (nSPS) is 16.4. The van der Waals surface area contributed by atoms with Crippen molar-refractivity contribution in [2.24, 2.45) is 5.92 Å². The summed E-state index contributed by atoms with van der Waals surface area (Å²) in [6.45, 7) is 0. The minimum absolute atomic E-state index is 0.226. The number of hydrogen-bond donors (Lipinski definition) is 0. The van der Waals surface area contributed by atoms with E-state index < -0.39 is 0 Å². The van der Waals surface area contributed by atoms with Gasteiger partial charge in [0.2, 0.25) is 0 Å². The molecule has 0 heterocycles. The average molecular weight is 788 g/mol. The molecule has 0 fully saturated rings. The Morgan fingerprint density at radius 2 is 0.984 bits per heavy atom. The molecule has 0 bridgehead atoms. The van der Waals surface area contributed by atoms with Gasteiger partial charge in [0, 0.05) is 28.5 Å². The second-order valence-electron chi connectivity index (χ2n) is 17.1. The topological polar surface area (TPSA) is 3.24 Å². The van der Waals surface area contributed by atoms with Crippen molar-refractivity contribution in [1.82, 2.24) is 0 Å². The Bertz CT molecular complexity index is 3440. The van der Waals surface area contributed by atoms with E-state index in [-0.39, 0.29) is 11.3 Å². The Balaban J connectivity index is 0.999. The Morgan fingerprint density at radius 1 is 0.371 bits per heavy atom. The van der Waals surface area contributed by atoms with Crippen LogP contribution in [-0.4, -0.2) is 0 Å². The Hall–Kier alpha value is -7.74. The molecular weight excluding hydrogens is 747 g/mol. The van der Waals surface area contributed by atoms with Gasteiger partial charge in [0.15, 0.2) is 0 Å². The fourth-order valence-electron chi connectivity index (χ4n) is 11.6. The summed E-state index contributed by atoms with van der Waals surface area (Å²) in [7, 11) is 0. The van der Waals surface area contributed by atoms with Crippen LogP contribution < -0.4 is 4.90 Å². The van der Waals surface area contributed by atoms with Crippen LogP contribution in [0.4, 0.5) is 17.1 Å². The first-order chi connectivity index (χ1) is 30.8. The minimum Gasteiger partial charge on any atom is -0.309 e. The van der Waals surface area contributed by atoms with Crippen molar-refractivity contribution in [3.63, 3.8) is 0 Å². The van der Waals surface area contributed by atoms with Crippen LogP contribution in [0.5, 0.6) is 0 Å². The number of benzene rings is 10. The molecule has 0 N–H and O–H groups in total. The summed E-state index contributed by atoms with van der Waals surface area (Å²) in [6, 6.07) is 79.2. The maximum atomic E-state index is 2.50. The summed E-state index contributed by atoms with van der Waals surface area (Å²) in [4.78, 5) is 2.50. The zero-order chi connectivity index (χ0) is 40.8. The molecule has 13 rings (SSSR count). The molecule has 3 aliphatic rings. The number of fused-ring (bicyclic) bond motifs is 14. The van der Waals surface area contributed by atoms with Gasteiger partial charge >= 0.3 is 0 Å². The summed E-state index contributed by atoms with van der Waals surface area (Å²) in [5.41, 5.74) is 16.5. The summed E-state index contributed by atoms with van der Waals surface area (Å²) in [5, 5.41) is 7.40. The highest BCUT2D eigenvalue weighted by Crippen LogP contribution is 2.65. The van der Waals surface area contributed by atoms with Crippen LogP contribution in [0.3, 0.4) is 0 Å². The highest BCUT2D eigenvalue weighted by molar-refractivity contribution is 6.16. The van der Waals surface area contributed by atoms with Crippen LogP contribution >= 0.6 is 0 Å². The van der Waals surface area contributed by atoms with E-state index in [0.29, 0.717) is 5.92 Å². The van der Waals surface area contributed by atoms with Gasteiger partial charge in [-0.2, -0.15) is 0 Å². The predicted molar refractivity (Wildman–Crippen MR) is 261 cm³/mol. The quantitative estimate of drug-likeness (QED) is 0.157. The standard InChI is InChI=1S/C61H41N/c1-2-17-42(18-3-1)60-47-21-7-4-16-41(47)33-37-58(60)62(59-39-44-19-5-6-20-46(44)48-22-8-9-26-52(48)59)45-34-30-40(31-35-45)43-32-36-57-53(38-43)51-25-12-15-29-56(51)61(57)54-27-13-10-23-49(54)50-24-11-14-28-55(50)61/h1-39,51,56H. The van der Waals surface area contributed by atoms with Gasteiger partial charge < -0.3 is 4.90 Å². The van der Waals surface area contributed by atoms with Crippen molar-refractivity contribution in [3.8, 4) is 33.4 Å². The molecule has 10 aromatic rings. The lowest BCUT2D eigenvalue weighted by Crippen LogP contribution is -2.32. The zero-order valence-electron chi connectivity index (χ0n) is 34.1. The van der Waals surface area contributed by atoms with E-state index in [1.54, 1.807) is 0 Å². The molecule has 1 heteroatoms. The number of allylic oxidation sites excluding steroid dienone is 4. The Kier molecular flexibility index (Phi) is 7.71. The molecule has 0 saturated heterocycles. The molecule has 1 nitrogen and oxygen atoms in total. The van der Waals surface area contributed by atoms with Crippen molar-refractivity contribution in [3.05, 3.63) is 259 Å². The number of anilines is 3. The number of nitrogens with zero attached hydrogens (tertiary/aromatic N) is 1. The van der Waals surface area contributed by atoms with Gasteiger partial charge in [0.25, 0.3) is 0 Å². The van der Waals surface area contributed by atoms with Crippen LogP contribution in [0.2, 0.25) is 0 Å². The van der Waals surface area contributed by atoms with E-state index in [9.17, 15) is 0 Å². The molecule has 10 aromatic carbocycles. The van der Waals surface area contributed by atoms with E-state index in [1.807, 2.05) is 0 Å². The van der Waals surface area contributed by atoms with E-state index in [2.05, 4.69) is 242 Å². The molecule has 0 radical (unpaired) electrons. The summed E-state index contributed by atoms with van der Waals surface area (Å²) in [6.07, 6.45) is 9.43. The predicted octanol–water partition coefficient (Wildman–Crippen LogP) is 16.1. The van der Waals surface area contributed by atoms with Crippen LogP contribution in [0.1, 0.15) is 28.2 Å². The van der Waals surface area contributed by atoms with Gasteiger partial charge in [-0.15, -0.1) is 0 Å². The number of hydrogen-bond acceptors (Lipinski definition) is 1. The second kappa shape index (κ2) is 13.6. The molecular formula is C61H41N. The first-order valence-corrected chi connectivity index (χ1v) is 21.8. The highest BCUT2D eigenvalue weighted by Gasteiger charge is 2.56. The van der Waals surface area contributed by atoms with Gasteiger partial charge in [-0.3, -0.25) is 0 Å². The van der Waals surface area contributed by atoms with Crippen LogP contribution in [0.25, 0.3) is 65.7 Å². The van der Waals surface area contributed by atoms with Crippen molar-refractivity contribution < 1.29 is 0 Å². The summed E-state index contributed by atoms with van der Waals surface area (Å²) in [5.74, 6) is 0.588. The van der Waals surface area contributed by atoms with Gasteiger partial charge in [-0.1, -0.05) is 212 Å². The van der Waals surface area contributed by atoms with Crippen molar-refractivity contribution in [2.75, 3.05) is 4.90 Å². The lowest BCUT2D eigenvalue weighted by molar-refractivity contribution is 0.465. The lowest BCUT2D eigenvalue weighted by Gasteiger charge is -2.36. The molecule has 62 heavy (non-hydrogen) atoms. The van der Waals surface area contributed by atoms with Crippen LogP contribution in [0.15, 0.2) is 237 Å². The first kappa shape index (κ1) is 35.1. The molecule has 3 aliphatic carbocycles. The Labute approximate surface area is 362 Å². The fourth-order valence-corrected chi connectivity index (χ4v) is 11.6. The largest absolute Gasteiger partial charge is 0.309 e. The third kappa shape index (κ3) is 4.97. The SMILES string of the molecule is C1=CC2c3cc(-c4ccc(N(c5ccc6ccccc6c5-c5ccccc5)c5cc6ccccc6c6ccccc56)cc4)ccc3C3(c4ccccc4-c4ccccc43)C2C=C1. The van der Waals surface area contributed by atoms with Crippen LogP contribution in [0, 0.1) is 5.92 Å². The fraction of sp³-hybridized carbons (Fsp3) is 0.0492. The van der Waals surface area contributed by atoms with Gasteiger partial charge in [0.05, 0.1) is 16.8 Å². The highest BCUT2D eigenvalue weighted by atomic mass is 15.1. The molecule has 0 amide bonds. The lowest BCUT2D eigenvalue weighted by atomic mass is 9.65. The molecule has 0 saturated carbocycles.